The molecule has 1 saturated carbocycles. The first-order valence-corrected chi connectivity index (χ1v) is 5.77. The maximum Gasteiger partial charge on any atom is 0.224 e. The molecular weight excluding hydrogens is 218 g/mol. The zero-order valence-electron chi connectivity index (χ0n) is 9.85. The first-order valence-electron chi connectivity index (χ1n) is 5.77. The number of phenolic OH excluding ortho intramolecular Hbond substituents is 1. The number of carbonyl (C=O) groups excluding carboxylic acids is 1. The summed E-state index contributed by atoms with van der Waals surface area (Å²) in [6, 6.07) is 7.01. The highest BCUT2D eigenvalue weighted by Crippen LogP contribution is 2.22. The third-order valence-corrected chi connectivity index (χ3v) is 3.07. The van der Waals surface area contributed by atoms with Gasteiger partial charge in [-0.05, 0) is 30.5 Å². The highest BCUT2D eigenvalue weighted by molar-refractivity contribution is 5.79. The number of rotatable bonds is 4. The van der Waals surface area contributed by atoms with E-state index in [9.17, 15) is 9.90 Å². The van der Waals surface area contributed by atoms with Crippen molar-refractivity contribution in [2.24, 2.45) is 0 Å². The van der Waals surface area contributed by atoms with Gasteiger partial charge >= 0.3 is 0 Å². The van der Waals surface area contributed by atoms with E-state index in [2.05, 4.69) is 5.32 Å². The van der Waals surface area contributed by atoms with Crippen LogP contribution >= 0.6 is 0 Å². The topological polar surface area (TPSA) is 58.6 Å². The molecule has 1 amide bonds. The first-order chi connectivity index (χ1) is 8.17. The molecule has 1 aliphatic rings. The summed E-state index contributed by atoms with van der Waals surface area (Å²) >= 11 is 0. The summed E-state index contributed by atoms with van der Waals surface area (Å²) < 4.78 is 5.15. The number of hydrogen-bond acceptors (Lipinski definition) is 3. The minimum Gasteiger partial charge on any atom is -0.508 e. The van der Waals surface area contributed by atoms with Gasteiger partial charge in [-0.25, -0.2) is 0 Å². The molecule has 4 heteroatoms. The molecule has 0 bridgehead atoms. The summed E-state index contributed by atoms with van der Waals surface area (Å²) in [4.78, 5) is 11.7. The molecule has 0 heterocycles. The van der Waals surface area contributed by atoms with Crippen LogP contribution in [0.2, 0.25) is 0 Å². The van der Waals surface area contributed by atoms with E-state index in [-0.39, 0.29) is 17.7 Å². The number of ether oxygens (including phenoxy) is 1. The lowest BCUT2D eigenvalue weighted by molar-refractivity contribution is -0.122. The Morgan fingerprint density at radius 2 is 2.29 bits per heavy atom. The highest BCUT2D eigenvalue weighted by atomic mass is 16.5. The van der Waals surface area contributed by atoms with Crippen LogP contribution in [0.25, 0.3) is 0 Å². The fraction of sp³-hybridized carbons (Fsp3) is 0.462. The van der Waals surface area contributed by atoms with E-state index < -0.39 is 0 Å². The van der Waals surface area contributed by atoms with Gasteiger partial charge in [0.05, 0.1) is 12.5 Å². The van der Waals surface area contributed by atoms with Crippen molar-refractivity contribution in [3.05, 3.63) is 29.8 Å². The lowest BCUT2D eigenvalue weighted by atomic mass is 9.89. The summed E-state index contributed by atoms with van der Waals surface area (Å²) in [5.41, 5.74) is 0.824. The molecule has 0 saturated heterocycles. The molecule has 2 rings (SSSR count). The standard InChI is InChI=1S/C13H17NO3/c1-17-12-7-10(8-12)14-13(16)6-9-3-2-4-11(15)5-9/h2-5,10,12,15H,6-8H2,1H3,(H,14,16). The fourth-order valence-corrected chi connectivity index (χ4v) is 2.01. The molecule has 4 nitrogen and oxygen atoms in total. The van der Waals surface area contributed by atoms with Gasteiger partial charge in [0.2, 0.25) is 5.91 Å². The van der Waals surface area contributed by atoms with Gasteiger partial charge in [0, 0.05) is 13.2 Å². The average molecular weight is 235 g/mol. The van der Waals surface area contributed by atoms with E-state index >= 15 is 0 Å². The molecule has 1 aliphatic carbocycles. The number of phenols is 1. The number of carbonyl (C=O) groups is 1. The Bertz CT molecular complexity index is 399. The van der Waals surface area contributed by atoms with Crippen molar-refractivity contribution in [3.8, 4) is 5.75 Å². The Hall–Kier alpha value is -1.55. The van der Waals surface area contributed by atoms with Gasteiger partial charge in [0.15, 0.2) is 0 Å². The van der Waals surface area contributed by atoms with E-state index in [0.717, 1.165) is 18.4 Å². The first kappa shape index (κ1) is 11.9. The second-order valence-electron chi connectivity index (χ2n) is 4.44. The Kier molecular flexibility index (Phi) is 3.64. The highest BCUT2D eigenvalue weighted by Gasteiger charge is 2.29. The summed E-state index contributed by atoms with van der Waals surface area (Å²) in [6.45, 7) is 0. The number of hydrogen-bond donors (Lipinski definition) is 2. The number of benzene rings is 1. The largest absolute Gasteiger partial charge is 0.508 e. The van der Waals surface area contributed by atoms with Crippen LogP contribution in [0, 0.1) is 0 Å². The molecule has 0 aliphatic heterocycles. The number of methoxy groups -OCH3 is 1. The second-order valence-corrected chi connectivity index (χ2v) is 4.44. The third-order valence-electron chi connectivity index (χ3n) is 3.07. The van der Waals surface area contributed by atoms with E-state index in [4.69, 9.17) is 4.74 Å². The molecule has 0 unspecified atom stereocenters. The van der Waals surface area contributed by atoms with Crippen molar-refractivity contribution >= 4 is 5.91 Å². The summed E-state index contributed by atoms with van der Waals surface area (Å²) in [5.74, 6) is 0.188. The average Bonchev–Trinajstić information content (AvgIpc) is 2.22. The van der Waals surface area contributed by atoms with E-state index in [0.29, 0.717) is 12.5 Å². The Morgan fingerprint density at radius 1 is 1.53 bits per heavy atom. The normalized spacial score (nSPS) is 22.9. The van der Waals surface area contributed by atoms with Crippen LogP contribution < -0.4 is 5.32 Å². The van der Waals surface area contributed by atoms with Crippen LogP contribution in [0.1, 0.15) is 18.4 Å². The molecule has 0 aromatic heterocycles. The lowest BCUT2D eigenvalue weighted by Gasteiger charge is -2.34. The number of amides is 1. The van der Waals surface area contributed by atoms with Crippen molar-refractivity contribution in [2.75, 3.05) is 7.11 Å². The van der Waals surface area contributed by atoms with Crippen LogP contribution in [0.4, 0.5) is 0 Å². The fourth-order valence-electron chi connectivity index (χ4n) is 2.01. The Labute approximate surface area is 101 Å². The van der Waals surface area contributed by atoms with Crippen molar-refractivity contribution in [1.82, 2.24) is 5.32 Å². The van der Waals surface area contributed by atoms with E-state index in [1.54, 1.807) is 25.3 Å². The molecule has 1 aromatic rings. The van der Waals surface area contributed by atoms with Crippen molar-refractivity contribution in [2.45, 2.75) is 31.4 Å². The van der Waals surface area contributed by atoms with Crippen LogP contribution in [-0.2, 0) is 16.0 Å². The predicted molar refractivity (Wildman–Crippen MR) is 63.8 cm³/mol. The lowest BCUT2D eigenvalue weighted by Crippen LogP contribution is -2.47. The molecule has 0 atom stereocenters. The van der Waals surface area contributed by atoms with Crippen LogP contribution in [0.15, 0.2) is 24.3 Å². The molecule has 92 valence electrons. The summed E-state index contributed by atoms with van der Waals surface area (Å²) in [6.07, 6.45) is 2.38. The monoisotopic (exact) mass is 235 g/mol. The summed E-state index contributed by atoms with van der Waals surface area (Å²) in [7, 11) is 1.69. The zero-order chi connectivity index (χ0) is 12.3. The minimum absolute atomic E-state index is 0.00449. The minimum atomic E-state index is -0.00449. The van der Waals surface area contributed by atoms with Gasteiger partial charge in [-0.3, -0.25) is 4.79 Å². The molecular formula is C13H17NO3. The van der Waals surface area contributed by atoms with Crippen molar-refractivity contribution in [3.63, 3.8) is 0 Å². The third kappa shape index (κ3) is 3.20. The number of nitrogens with one attached hydrogen (secondary N) is 1. The van der Waals surface area contributed by atoms with Gasteiger partial charge < -0.3 is 15.2 Å². The maximum atomic E-state index is 11.7. The Morgan fingerprint density at radius 3 is 2.94 bits per heavy atom. The van der Waals surface area contributed by atoms with Crippen molar-refractivity contribution < 1.29 is 14.6 Å². The van der Waals surface area contributed by atoms with Crippen LogP contribution in [0.5, 0.6) is 5.75 Å². The zero-order valence-corrected chi connectivity index (χ0v) is 9.85. The van der Waals surface area contributed by atoms with E-state index in [1.165, 1.54) is 0 Å². The van der Waals surface area contributed by atoms with Gasteiger partial charge in [-0.15, -0.1) is 0 Å². The smallest absolute Gasteiger partial charge is 0.224 e. The quantitative estimate of drug-likeness (QED) is 0.825. The molecule has 0 radical (unpaired) electrons. The SMILES string of the molecule is COC1CC(NC(=O)Cc2cccc(O)c2)C1. The van der Waals surface area contributed by atoms with Crippen molar-refractivity contribution in [1.29, 1.82) is 0 Å². The van der Waals surface area contributed by atoms with Gasteiger partial charge in [-0.2, -0.15) is 0 Å². The van der Waals surface area contributed by atoms with Crippen LogP contribution in [-0.4, -0.2) is 30.3 Å². The summed E-state index contributed by atoms with van der Waals surface area (Å²) in [5, 5.41) is 12.2. The maximum absolute atomic E-state index is 11.7. The molecule has 0 spiro atoms. The molecule has 2 N–H and O–H groups in total. The number of aromatic hydroxyl groups is 1. The van der Waals surface area contributed by atoms with Gasteiger partial charge in [-0.1, -0.05) is 12.1 Å². The van der Waals surface area contributed by atoms with Gasteiger partial charge in [0.1, 0.15) is 5.75 Å². The van der Waals surface area contributed by atoms with Gasteiger partial charge in [0.25, 0.3) is 0 Å². The Balaban J connectivity index is 1.78. The molecule has 1 fully saturated rings. The molecule has 17 heavy (non-hydrogen) atoms. The second kappa shape index (κ2) is 5.19. The van der Waals surface area contributed by atoms with E-state index in [1.807, 2.05) is 6.07 Å². The van der Waals surface area contributed by atoms with Crippen LogP contribution in [0.3, 0.4) is 0 Å². The molecule has 1 aromatic carbocycles. The predicted octanol–water partition coefficient (Wildman–Crippen LogP) is 1.23.